The summed E-state index contributed by atoms with van der Waals surface area (Å²) in [4.78, 5) is 21.2. The van der Waals surface area contributed by atoms with E-state index in [1.54, 1.807) is 12.1 Å². The normalized spacial score (nSPS) is 15.3. The van der Waals surface area contributed by atoms with Crippen LogP contribution in [0, 0.1) is 5.82 Å². The Labute approximate surface area is 182 Å². The molecule has 0 spiro atoms. The Hall–Kier alpha value is -2.99. The van der Waals surface area contributed by atoms with Crippen LogP contribution < -0.4 is 0 Å². The van der Waals surface area contributed by atoms with Crippen molar-refractivity contribution in [1.29, 1.82) is 0 Å². The van der Waals surface area contributed by atoms with Crippen LogP contribution in [-0.4, -0.2) is 33.8 Å². The number of piperidine rings is 1. The van der Waals surface area contributed by atoms with Gasteiger partial charge in [-0.15, -0.1) is 0 Å². The largest absolute Gasteiger partial charge is 0.447 e. The van der Waals surface area contributed by atoms with Crippen LogP contribution in [0.4, 0.5) is 4.39 Å². The van der Waals surface area contributed by atoms with E-state index < -0.39 is 0 Å². The zero-order chi connectivity index (χ0) is 21.6. The molecule has 3 aromatic rings. The molecule has 0 saturated carbocycles. The number of likely N-dealkylation sites (tertiary alicyclic amines) is 1. The lowest BCUT2D eigenvalue weighted by Gasteiger charge is -2.28. The van der Waals surface area contributed by atoms with Gasteiger partial charge in [0.25, 0.3) is 5.91 Å². The predicted molar refractivity (Wildman–Crippen MR) is 117 cm³/mol. The first-order valence-electron chi connectivity index (χ1n) is 10.9. The highest BCUT2D eigenvalue weighted by atomic mass is 19.1. The molecule has 0 radical (unpaired) electrons. The molecule has 4 rings (SSSR count). The van der Waals surface area contributed by atoms with Crippen LogP contribution in [0.15, 0.2) is 65.3 Å². The van der Waals surface area contributed by atoms with Gasteiger partial charge >= 0.3 is 0 Å². The van der Waals surface area contributed by atoms with E-state index in [0.29, 0.717) is 24.7 Å². The van der Waals surface area contributed by atoms with Crippen LogP contribution in [-0.2, 0) is 13.1 Å². The fourth-order valence-electron chi connectivity index (χ4n) is 4.06. The number of rotatable bonds is 7. The van der Waals surface area contributed by atoms with Gasteiger partial charge in [0.2, 0.25) is 5.89 Å². The number of hydrogen-bond donors (Lipinski definition) is 0. The second-order valence-corrected chi connectivity index (χ2v) is 8.10. The number of carbonyl (C=O) groups is 1. The molecule has 1 amide bonds. The smallest absolute Gasteiger partial charge is 0.275 e. The molecular formula is C25H28FN3O2. The number of aromatic nitrogens is 1. The maximum atomic E-state index is 13.7. The molecule has 1 aromatic heterocycles. The van der Waals surface area contributed by atoms with Gasteiger partial charge in [0.05, 0.1) is 6.54 Å². The first kappa shape index (κ1) is 21.2. The summed E-state index contributed by atoms with van der Waals surface area (Å²) in [6.07, 6.45) is 4.69. The third-order valence-corrected chi connectivity index (χ3v) is 5.86. The van der Waals surface area contributed by atoms with Crippen molar-refractivity contribution in [3.63, 3.8) is 0 Å². The Morgan fingerprint density at radius 3 is 2.61 bits per heavy atom. The molecule has 1 saturated heterocycles. The van der Waals surface area contributed by atoms with Gasteiger partial charge in [-0.3, -0.25) is 9.69 Å². The van der Waals surface area contributed by atoms with E-state index >= 15 is 0 Å². The first-order chi connectivity index (χ1) is 15.1. The Balaban J connectivity index is 1.53. The average molecular weight is 422 g/mol. The molecule has 0 bridgehead atoms. The first-order valence-corrected chi connectivity index (χ1v) is 10.9. The number of halogens is 1. The Kier molecular flexibility index (Phi) is 6.77. The highest BCUT2D eigenvalue weighted by molar-refractivity contribution is 5.92. The van der Waals surface area contributed by atoms with Crippen molar-refractivity contribution in [1.82, 2.24) is 14.8 Å². The molecule has 1 aliphatic heterocycles. The van der Waals surface area contributed by atoms with Crippen molar-refractivity contribution in [2.75, 3.05) is 13.1 Å². The van der Waals surface area contributed by atoms with Crippen molar-refractivity contribution in [2.24, 2.45) is 0 Å². The minimum Gasteiger partial charge on any atom is -0.447 e. The molecule has 2 heterocycles. The average Bonchev–Trinajstić information content (AvgIpc) is 3.27. The Bertz CT molecular complexity index is 999. The van der Waals surface area contributed by atoms with Crippen molar-refractivity contribution < 1.29 is 13.6 Å². The lowest BCUT2D eigenvalue weighted by Crippen LogP contribution is -2.35. The molecule has 31 heavy (non-hydrogen) atoms. The summed E-state index contributed by atoms with van der Waals surface area (Å²) in [7, 11) is 0. The topological polar surface area (TPSA) is 49.6 Å². The number of benzene rings is 2. The number of amides is 1. The molecule has 6 heteroatoms. The van der Waals surface area contributed by atoms with E-state index in [1.165, 1.54) is 18.8 Å². The third kappa shape index (κ3) is 5.39. The van der Waals surface area contributed by atoms with Crippen molar-refractivity contribution >= 4 is 5.91 Å². The number of carbonyl (C=O) groups excluding carboxylic acids is 1. The zero-order valence-corrected chi connectivity index (χ0v) is 17.8. The minimum atomic E-state index is -0.254. The van der Waals surface area contributed by atoms with Crippen LogP contribution in [0.2, 0.25) is 0 Å². The molecule has 162 valence electrons. The zero-order valence-electron chi connectivity index (χ0n) is 17.8. The summed E-state index contributed by atoms with van der Waals surface area (Å²) in [6.45, 7) is 4.61. The molecule has 1 unspecified atom stereocenters. The maximum absolute atomic E-state index is 13.7. The summed E-state index contributed by atoms with van der Waals surface area (Å²) in [5, 5.41) is 0. The van der Waals surface area contributed by atoms with Gasteiger partial charge in [-0.25, -0.2) is 9.37 Å². The second-order valence-electron chi connectivity index (χ2n) is 8.10. The van der Waals surface area contributed by atoms with Gasteiger partial charge in [-0.1, -0.05) is 42.5 Å². The fraction of sp³-hybridized carbons (Fsp3) is 0.360. The lowest BCUT2D eigenvalue weighted by atomic mass is 10.1. The van der Waals surface area contributed by atoms with Crippen LogP contribution in [0.25, 0.3) is 0 Å². The molecule has 2 aromatic carbocycles. The predicted octanol–water partition coefficient (Wildman–Crippen LogP) is 5.20. The third-order valence-electron chi connectivity index (χ3n) is 5.86. The van der Waals surface area contributed by atoms with E-state index in [1.807, 2.05) is 29.2 Å². The molecule has 5 nitrogen and oxygen atoms in total. The van der Waals surface area contributed by atoms with Crippen LogP contribution in [0.5, 0.6) is 0 Å². The summed E-state index contributed by atoms with van der Waals surface area (Å²) >= 11 is 0. The summed E-state index contributed by atoms with van der Waals surface area (Å²) in [5.41, 5.74) is 2.38. The van der Waals surface area contributed by atoms with Gasteiger partial charge in [0, 0.05) is 25.7 Å². The summed E-state index contributed by atoms with van der Waals surface area (Å²) in [5.74, 6) is 0.164. The minimum absolute atomic E-state index is 0.0533. The number of oxazole rings is 1. The van der Waals surface area contributed by atoms with Crippen molar-refractivity contribution in [3.8, 4) is 0 Å². The van der Waals surface area contributed by atoms with Crippen LogP contribution in [0.1, 0.15) is 59.7 Å². The van der Waals surface area contributed by atoms with Gasteiger partial charge in [0.1, 0.15) is 12.1 Å². The van der Waals surface area contributed by atoms with E-state index in [0.717, 1.165) is 37.1 Å². The maximum Gasteiger partial charge on any atom is 0.275 e. The highest BCUT2D eigenvalue weighted by Crippen LogP contribution is 2.25. The van der Waals surface area contributed by atoms with Crippen molar-refractivity contribution in [3.05, 3.63) is 89.4 Å². The Morgan fingerprint density at radius 2 is 1.87 bits per heavy atom. The standard InChI is InChI=1S/C25H28FN3O2/c1-19(21-10-4-2-5-11-21)29(16-20-9-8-12-22(26)15-20)17-24-27-23(18-31-24)25(30)28-13-6-3-7-14-28/h2,4-5,8-12,15,18-19H,3,6-7,13-14,16-17H2,1H3. The quantitative estimate of drug-likeness (QED) is 0.526. The summed E-state index contributed by atoms with van der Waals surface area (Å²) < 4.78 is 19.4. The van der Waals surface area contributed by atoms with E-state index in [-0.39, 0.29) is 17.8 Å². The monoisotopic (exact) mass is 421 g/mol. The van der Waals surface area contributed by atoms with Crippen LogP contribution in [0.3, 0.4) is 0 Å². The second kappa shape index (κ2) is 9.88. The van der Waals surface area contributed by atoms with E-state index in [9.17, 15) is 9.18 Å². The lowest BCUT2D eigenvalue weighted by molar-refractivity contribution is 0.0718. The van der Waals surface area contributed by atoms with Crippen molar-refractivity contribution in [2.45, 2.75) is 45.3 Å². The summed E-state index contributed by atoms with van der Waals surface area (Å²) in [6, 6.07) is 16.8. The fourth-order valence-corrected chi connectivity index (χ4v) is 4.06. The Morgan fingerprint density at radius 1 is 1.10 bits per heavy atom. The number of hydrogen-bond acceptors (Lipinski definition) is 4. The molecule has 1 fully saturated rings. The number of nitrogens with zero attached hydrogens (tertiary/aromatic N) is 3. The van der Waals surface area contributed by atoms with Gasteiger partial charge in [-0.05, 0) is 49.4 Å². The molecule has 1 atom stereocenters. The van der Waals surface area contributed by atoms with Crippen LogP contribution >= 0.6 is 0 Å². The van der Waals surface area contributed by atoms with Gasteiger partial charge in [0.15, 0.2) is 5.69 Å². The van der Waals surface area contributed by atoms with Gasteiger partial charge < -0.3 is 9.32 Å². The SMILES string of the molecule is CC(c1ccccc1)N(Cc1cccc(F)c1)Cc1nc(C(=O)N2CCCCC2)co1. The molecular weight excluding hydrogens is 393 g/mol. The van der Waals surface area contributed by atoms with Gasteiger partial charge in [-0.2, -0.15) is 0 Å². The molecule has 0 aliphatic carbocycles. The highest BCUT2D eigenvalue weighted by Gasteiger charge is 2.23. The molecule has 1 aliphatic rings. The molecule has 0 N–H and O–H groups in total. The van der Waals surface area contributed by atoms with E-state index in [4.69, 9.17) is 4.42 Å². The van der Waals surface area contributed by atoms with E-state index in [2.05, 4.69) is 28.9 Å².